The SMILES string of the molecule is CC(C)C1(C(=O)O)CC(C2CC2)C(=O)O1. The molecule has 4 heteroatoms. The van der Waals surface area contributed by atoms with Crippen molar-refractivity contribution in [1.29, 1.82) is 0 Å². The van der Waals surface area contributed by atoms with E-state index >= 15 is 0 Å². The number of carboxylic acids is 1. The van der Waals surface area contributed by atoms with E-state index in [1.807, 2.05) is 0 Å². The number of carbonyl (C=O) groups is 2. The molecular weight excluding hydrogens is 196 g/mol. The number of aliphatic carboxylic acids is 1. The van der Waals surface area contributed by atoms with Gasteiger partial charge in [-0.25, -0.2) is 4.79 Å². The Morgan fingerprint density at radius 1 is 1.53 bits per heavy atom. The first-order chi connectivity index (χ1) is 6.97. The van der Waals surface area contributed by atoms with Crippen LogP contribution in [-0.2, 0) is 14.3 Å². The maximum Gasteiger partial charge on any atom is 0.348 e. The topological polar surface area (TPSA) is 63.6 Å². The van der Waals surface area contributed by atoms with Crippen molar-refractivity contribution >= 4 is 11.9 Å². The van der Waals surface area contributed by atoms with Crippen molar-refractivity contribution in [2.75, 3.05) is 0 Å². The molecule has 2 aliphatic rings. The third-order valence-electron chi connectivity index (χ3n) is 3.59. The smallest absolute Gasteiger partial charge is 0.348 e. The maximum atomic E-state index is 11.6. The van der Waals surface area contributed by atoms with E-state index in [0.717, 1.165) is 12.8 Å². The Morgan fingerprint density at radius 2 is 2.13 bits per heavy atom. The summed E-state index contributed by atoms with van der Waals surface area (Å²) >= 11 is 0. The van der Waals surface area contributed by atoms with Gasteiger partial charge in [0.15, 0.2) is 0 Å². The Morgan fingerprint density at radius 3 is 2.47 bits per heavy atom. The van der Waals surface area contributed by atoms with E-state index in [4.69, 9.17) is 4.74 Å². The van der Waals surface area contributed by atoms with E-state index in [9.17, 15) is 14.7 Å². The van der Waals surface area contributed by atoms with Crippen LogP contribution in [0.3, 0.4) is 0 Å². The van der Waals surface area contributed by atoms with Gasteiger partial charge in [-0.15, -0.1) is 0 Å². The number of rotatable bonds is 3. The molecule has 2 unspecified atom stereocenters. The van der Waals surface area contributed by atoms with Crippen LogP contribution in [0.25, 0.3) is 0 Å². The fraction of sp³-hybridized carbons (Fsp3) is 0.818. The molecular formula is C11H16O4. The van der Waals surface area contributed by atoms with Crippen molar-refractivity contribution in [3.8, 4) is 0 Å². The summed E-state index contributed by atoms with van der Waals surface area (Å²) in [6.45, 7) is 3.58. The Labute approximate surface area is 88.6 Å². The average Bonchev–Trinajstić information content (AvgIpc) is 2.90. The van der Waals surface area contributed by atoms with Gasteiger partial charge in [0.25, 0.3) is 0 Å². The number of cyclic esters (lactones) is 1. The molecule has 1 aliphatic heterocycles. The number of hydrogen-bond acceptors (Lipinski definition) is 3. The molecule has 4 nitrogen and oxygen atoms in total. The lowest BCUT2D eigenvalue weighted by atomic mass is 9.83. The van der Waals surface area contributed by atoms with Crippen molar-refractivity contribution in [2.45, 2.75) is 38.7 Å². The van der Waals surface area contributed by atoms with Gasteiger partial charge in [-0.1, -0.05) is 13.8 Å². The Balaban J connectivity index is 2.22. The van der Waals surface area contributed by atoms with Crippen molar-refractivity contribution in [2.24, 2.45) is 17.8 Å². The molecule has 0 spiro atoms. The van der Waals surface area contributed by atoms with E-state index < -0.39 is 11.6 Å². The summed E-state index contributed by atoms with van der Waals surface area (Å²) in [6, 6.07) is 0. The van der Waals surface area contributed by atoms with Crippen molar-refractivity contribution in [1.82, 2.24) is 0 Å². The fourth-order valence-corrected chi connectivity index (χ4v) is 2.30. The normalized spacial score (nSPS) is 35.7. The van der Waals surface area contributed by atoms with Crippen LogP contribution >= 0.6 is 0 Å². The van der Waals surface area contributed by atoms with Crippen molar-refractivity contribution < 1.29 is 19.4 Å². The third kappa shape index (κ3) is 1.52. The molecule has 0 aromatic rings. The van der Waals surface area contributed by atoms with Crippen LogP contribution in [-0.4, -0.2) is 22.6 Å². The van der Waals surface area contributed by atoms with Crippen LogP contribution in [0.1, 0.15) is 33.1 Å². The van der Waals surface area contributed by atoms with E-state index in [0.29, 0.717) is 12.3 Å². The molecule has 1 saturated heterocycles. The Bertz CT molecular complexity index is 306. The molecule has 0 radical (unpaired) electrons. The van der Waals surface area contributed by atoms with Crippen LogP contribution in [0.15, 0.2) is 0 Å². The second-order valence-electron chi connectivity index (χ2n) is 4.92. The number of carboxylic acid groups (broad SMARTS) is 1. The molecule has 0 bridgehead atoms. The zero-order chi connectivity index (χ0) is 11.2. The Hall–Kier alpha value is -1.06. The minimum atomic E-state index is -1.27. The molecule has 2 atom stereocenters. The van der Waals surface area contributed by atoms with Gasteiger partial charge >= 0.3 is 11.9 Å². The van der Waals surface area contributed by atoms with Crippen LogP contribution in [0, 0.1) is 17.8 Å². The first-order valence-corrected chi connectivity index (χ1v) is 5.43. The first-order valence-electron chi connectivity index (χ1n) is 5.43. The second-order valence-corrected chi connectivity index (χ2v) is 4.92. The van der Waals surface area contributed by atoms with Crippen molar-refractivity contribution in [3.63, 3.8) is 0 Å². The summed E-state index contributed by atoms with van der Waals surface area (Å²) < 4.78 is 5.15. The number of ether oxygens (including phenoxy) is 1. The number of esters is 1. The minimum Gasteiger partial charge on any atom is -0.478 e. The van der Waals surface area contributed by atoms with Gasteiger partial charge in [0, 0.05) is 12.3 Å². The van der Waals surface area contributed by atoms with Crippen LogP contribution in [0.2, 0.25) is 0 Å². The maximum absolute atomic E-state index is 11.6. The molecule has 84 valence electrons. The predicted octanol–water partition coefficient (Wildman–Crippen LogP) is 1.44. The van der Waals surface area contributed by atoms with Gasteiger partial charge in [-0.05, 0) is 18.8 Å². The van der Waals surface area contributed by atoms with Gasteiger partial charge in [-0.3, -0.25) is 4.79 Å². The summed E-state index contributed by atoms with van der Waals surface area (Å²) in [5.41, 5.74) is -1.27. The van der Waals surface area contributed by atoms with Gasteiger partial charge in [-0.2, -0.15) is 0 Å². The molecule has 0 aromatic heterocycles. The largest absolute Gasteiger partial charge is 0.478 e. The molecule has 1 saturated carbocycles. The zero-order valence-electron chi connectivity index (χ0n) is 9.03. The number of carbonyl (C=O) groups excluding carboxylic acids is 1. The molecule has 0 amide bonds. The lowest BCUT2D eigenvalue weighted by molar-refractivity contribution is -0.174. The predicted molar refractivity (Wildman–Crippen MR) is 52.1 cm³/mol. The summed E-state index contributed by atoms with van der Waals surface area (Å²) in [6.07, 6.45) is 2.42. The van der Waals surface area contributed by atoms with Crippen LogP contribution in [0.4, 0.5) is 0 Å². The molecule has 15 heavy (non-hydrogen) atoms. The van der Waals surface area contributed by atoms with Crippen LogP contribution in [0.5, 0.6) is 0 Å². The zero-order valence-corrected chi connectivity index (χ0v) is 9.03. The van der Waals surface area contributed by atoms with Crippen LogP contribution < -0.4 is 0 Å². The summed E-state index contributed by atoms with van der Waals surface area (Å²) in [7, 11) is 0. The quantitative estimate of drug-likeness (QED) is 0.719. The van der Waals surface area contributed by atoms with E-state index in [-0.39, 0.29) is 17.8 Å². The lowest BCUT2D eigenvalue weighted by Crippen LogP contribution is -2.43. The highest BCUT2D eigenvalue weighted by atomic mass is 16.6. The van der Waals surface area contributed by atoms with E-state index in [1.54, 1.807) is 13.8 Å². The van der Waals surface area contributed by atoms with Gasteiger partial charge in [0.05, 0.1) is 5.92 Å². The first kappa shape index (κ1) is 10.5. The van der Waals surface area contributed by atoms with Gasteiger partial charge in [0.1, 0.15) is 0 Å². The molecule has 0 aromatic carbocycles. The lowest BCUT2D eigenvalue weighted by Gasteiger charge is -2.26. The van der Waals surface area contributed by atoms with E-state index in [2.05, 4.69) is 0 Å². The standard InChI is InChI=1S/C11H16O4/c1-6(2)11(10(13)14)5-8(7-3-4-7)9(12)15-11/h6-8H,3-5H2,1-2H3,(H,13,14). The minimum absolute atomic E-state index is 0.177. The summed E-state index contributed by atoms with van der Waals surface area (Å²) in [4.78, 5) is 22.8. The molecule has 1 aliphatic carbocycles. The molecule has 1 heterocycles. The Kier molecular flexibility index (Phi) is 2.24. The summed E-state index contributed by atoms with van der Waals surface area (Å²) in [5, 5.41) is 9.19. The highest BCUT2D eigenvalue weighted by Gasteiger charge is 2.57. The molecule has 1 N–H and O–H groups in total. The van der Waals surface area contributed by atoms with Gasteiger partial charge in [0.2, 0.25) is 5.60 Å². The average molecular weight is 212 g/mol. The summed E-state index contributed by atoms with van der Waals surface area (Å²) in [5.74, 6) is -1.30. The second kappa shape index (κ2) is 3.22. The fourth-order valence-electron chi connectivity index (χ4n) is 2.30. The molecule has 2 rings (SSSR count). The third-order valence-corrected chi connectivity index (χ3v) is 3.59. The van der Waals surface area contributed by atoms with E-state index in [1.165, 1.54) is 0 Å². The number of hydrogen-bond donors (Lipinski definition) is 1. The highest BCUT2D eigenvalue weighted by Crippen LogP contribution is 2.48. The molecule has 2 fully saturated rings. The van der Waals surface area contributed by atoms with Crippen molar-refractivity contribution in [3.05, 3.63) is 0 Å². The highest BCUT2D eigenvalue weighted by molar-refractivity contribution is 5.87. The monoisotopic (exact) mass is 212 g/mol. The van der Waals surface area contributed by atoms with Gasteiger partial charge < -0.3 is 9.84 Å².